The summed E-state index contributed by atoms with van der Waals surface area (Å²) in [5.74, 6) is -1.27. The molecule has 0 heterocycles. The van der Waals surface area contributed by atoms with Crippen molar-refractivity contribution in [2.24, 2.45) is 0 Å². The maximum atomic E-state index is 11.1. The van der Waals surface area contributed by atoms with Gasteiger partial charge in [0.2, 0.25) is 5.91 Å². The minimum absolute atomic E-state index is 0.198. The van der Waals surface area contributed by atoms with Crippen molar-refractivity contribution >= 4 is 11.9 Å². The largest absolute Gasteiger partial charge is 0.480 e. The lowest BCUT2D eigenvalue weighted by molar-refractivity contribution is -0.142. The van der Waals surface area contributed by atoms with Gasteiger partial charge in [-0.2, -0.15) is 0 Å². The minimum Gasteiger partial charge on any atom is -0.480 e. The van der Waals surface area contributed by atoms with Crippen LogP contribution in [0.4, 0.5) is 0 Å². The van der Waals surface area contributed by atoms with Crippen molar-refractivity contribution in [2.75, 3.05) is 13.7 Å². The number of ether oxygens (including phenoxy) is 1. The van der Waals surface area contributed by atoms with Gasteiger partial charge in [-0.15, -0.1) is 0 Å². The highest BCUT2D eigenvalue weighted by Gasteiger charge is 2.17. The molecule has 1 atom stereocenters. The van der Waals surface area contributed by atoms with Gasteiger partial charge in [0.25, 0.3) is 0 Å². The predicted molar refractivity (Wildman–Crippen MR) is 51.0 cm³/mol. The third kappa shape index (κ3) is 5.53. The van der Waals surface area contributed by atoms with Crippen molar-refractivity contribution in [3.8, 4) is 0 Å². The van der Waals surface area contributed by atoms with Gasteiger partial charge in [-0.25, -0.2) is 4.79 Å². The topological polar surface area (TPSA) is 75.6 Å². The highest BCUT2D eigenvalue weighted by molar-refractivity contribution is 5.83. The Labute approximate surface area is 83.4 Å². The van der Waals surface area contributed by atoms with Crippen LogP contribution >= 0.6 is 0 Å². The monoisotopic (exact) mass is 203 g/mol. The normalized spacial score (nSPS) is 12.1. The summed E-state index contributed by atoms with van der Waals surface area (Å²) in [5, 5.41) is 11.2. The molecule has 1 amide bonds. The quantitative estimate of drug-likeness (QED) is 0.627. The minimum atomic E-state index is -0.988. The third-order valence-electron chi connectivity index (χ3n) is 1.74. The summed E-state index contributed by atoms with van der Waals surface area (Å²) in [5.41, 5.74) is 0. The second-order valence-electron chi connectivity index (χ2n) is 2.99. The SMILES string of the molecule is CCC[C@@H](NC(=O)CCOC)C(=O)O. The Balaban J connectivity index is 3.90. The van der Waals surface area contributed by atoms with Gasteiger partial charge in [0, 0.05) is 13.5 Å². The molecule has 0 aliphatic heterocycles. The van der Waals surface area contributed by atoms with Gasteiger partial charge < -0.3 is 15.2 Å². The maximum Gasteiger partial charge on any atom is 0.326 e. The van der Waals surface area contributed by atoms with Crippen LogP contribution in [0.1, 0.15) is 26.2 Å². The fourth-order valence-electron chi connectivity index (χ4n) is 1.01. The molecule has 82 valence electrons. The molecule has 0 aromatic rings. The number of hydrogen-bond acceptors (Lipinski definition) is 3. The zero-order valence-corrected chi connectivity index (χ0v) is 8.58. The number of methoxy groups -OCH3 is 1. The van der Waals surface area contributed by atoms with Crippen LogP contribution in [0.15, 0.2) is 0 Å². The van der Waals surface area contributed by atoms with E-state index in [0.717, 1.165) is 6.42 Å². The maximum absolute atomic E-state index is 11.1. The summed E-state index contributed by atoms with van der Waals surface area (Å²) < 4.78 is 4.71. The second kappa shape index (κ2) is 7.32. The summed E-state index contributed by atoms with van der Waals surface area (Å²) in [6.45, 7) is 2.18. The molecule has 0 aromatic heterocycles. The van der Waals surface area contributed by atoms with Gasteiger partial charge in [0.15, 0.2) is 0 Å². The van der Waals surface area contributed by atoms with E-state index in [1.54, 1.807) is 0 Å². The van der Waals surface area contributed by atoms with E-state index < -0.39 is 12.0 Å². The summed E-state index contributed by atoms with van der Waals surface area (Å²) in [6.07, 6.45) is 1.37. The second-order valence-corrected chi connectivity index (χ2v) is 2.99. The molecule has 2 N–H and O–H groups in total. The van der Waals surface area contributed by atoms with Crippen LogP contribution in [-0.4, -0.2) is 36.7 Å². The lowest BCUT2D eigenvalue weighted by Crippen LogP contribution is -2.40. The van der Waals surface area contributed by atoms with Crippen molar-refractivity contribution in [1.29, 1.82) is 0 Å². The molecule has 0 saturated carbocycles. The van der Waals surface area contributed by atoms with E-state index in [0.29, 0.717) is 13.0 Å². The lowest BCUT2D eigenvalue weighted by Gasteiger charge is -2.12. The fraction of sp³-hybridized carbons (Fsp3) is 0.778. The molecule has 5 nitrogen and oxygen atoms in total. The molecular weight excluding hydrogens is 186 g/mol. The van der Waals surface area contributed by atoms with Crippen molar-refractivity contribution in [2.45, 2.75) is 32.2 Å². The van der Waals surface area contributed by atoms with E-state index in [9.17, 15) is 9.59 Å². The first-order valence-corrected chi connectivity index (χ1v) is 4.63. The van der Waals surface area contributed by atoms with Crippen molar-refractivity contribution in [3.05, 3.63) is 0 Å². The first-order chi connectivity index (χ1) is 6.61. The molecule has 0 fully saturated rings. The molecule has 0 bridgehead atoms. The Bertz CT molecular complexity index is 193. The van der Waals surface area contributed by atoms with Crippen LogP contribution in [-0.2, 0) is 14.3 Å². The Morgan fingerprint density at radius 3 is 2.57 bits per heavy atom. The lowest BCUT2D eigenvalue weighted by atomic mass is 10.1. The molecule has 0 spiro atoms. The molecule has 0 radical (unpaired) electrons. The molecule has 14 heavy (non-hydrogen) atoms. The van der Waals surface area contributed by atoms with Gasteiger partial charge in [-0.3, -0.25) is 4.79 Å². The van der Waals surface area contributed by atoms with Crippen LogP contribution in [0.2, 0.25) is 0 Å². The van der Waals surface area contributed by atoms with Crippen LogP contribution in [0.3, 0.4) is 0 Å². The van der Waals surface area contributed by atoms with Gasteiger partial charge in [0.1, 0.15) is 6.04 Å². The predicted octanol–water partition coefficient (Wildman–Crippen LogP) is 0.392. The first kappa shape index (κ1) is 12.9. The number of amides is 1. The Morgan fingerprint density at radius 1 is 1.50 bits per heavy atom. The van der Waals surface area contributed by atoms with Crippen molar-refractivity contribution < 1.29 is 19.4 Å². The van der Waals surface area contributed by atoms with Crippen molar-refractivity contribution in [1.82, 2.24) is 5.32 Å². The summed E-state index contributed by atoms with van der Waals surface area (Å²) in [4.78, 5) is 21.8. The van der Waals surface area contributed by atoms with Gasteiger partial charge >= 0.3 is 5.97 Å². The Kier molecular flexibility index (Phi) is 6.74. The molecule has 0 rings (SSSR count). The molecule has 0 unspecified atom stereocenters. The van der Waals surface area contributed by atoms with Crippen LogP contribution in [0.5, 0.6) is 0 Å². The molecule has 0 aliphatic carbocycles. The van der Waals surface area contributed by atoms with Gasteiger partial charge in [-0.05, 0) is 6.42 Å². The third-order valence-corrected chi connectivity index (χ3v) is 1.74. The van der Waals surface area contributed by atoms with E-state index >= 15 is 0 Å². The Morgan fingerprint density at radius 2 is 2.14 bits per heavy atom. The highest BCUT2D eigenvalue weighted by atomic mass is 16.5. The number of aliphatic carboxylic acids is 1. The molecule has 0 aliphatic rings. The molecule has 0 aromatic carbocycles. The Hall–Kier alpha value is -1.10. The summed E-state index contributed by atoms with van der Waals surface area (Å²) >= 11 is 0. The number of carboxylic acids is 1. The number of hydrogen-bond donors (Lipinski definition) is 2. The van der Waals surface area contributed by atoms with E-state index in [1.165, 1.54) is 7.11 Å². The fourth-order valence-corrected chi connectivity index (χ4v) is 1.01. The van der Waals surface area contributed by atoms with Gasteiger partial charge in [0.05, 0.1) is 6.61 Å². The first-order valence-electron chi connectivity index (χ1n) is 4.63. The van der Waals surface area contributed by atoms with Crippen LogP contribution in [0, 0.1) is 0 Å². The highest BCUT2D eigenvalue weighted by Crippen LogP contribution is 1.97. The number of carboxylic acid groups (broad SMARTS) is 1. The average molecular weight is 203 g/mol. The average Bonchev–Trinajstić information content (AvgIpc) is 2.14. The summed E-state index contributed by atoms with van der Waals surface area (Å²) in [6, 6.07) is -0.774. The van der Waals surface area contributed by atoms with E-state index in [2.05, 4.69) is 5.32 Å². The van der Waals surface area contributed by atoms with Crippen LogP contribution in [0.25, 0.3) is 0 Å². The standard InChI is InChI=1S/C9H17NO4/c1-3-4-7(9(12)13)10-8(11)5-6-14-2/h7H,3-6H2,1-2H3,(H,10,11)(H,12,13)/t7-/m1/s1. The van der Waals surface area contributed by atoms with Crippen molar-refractivity contribution in [3.63, 3.8) is 0 Å². The van der Waals surface area contributed by atoms with E-state index in [-0.39, 0.29) is 12.3 Å². The zero-order valence-electron chi connectivity index (χ0n) is 8.58. The number of nitrogens with one attached hydrogen (secondary N) is 1. The molecular formula is C9H17NO4. The van der Waals surface area contributed by atoms with Gasteiger partial charge in [-0.1, -0.05) is 13.3 Å². The number of carbonyl (C=O) groups is 2. The summed E-state index contributed by atoms with van der Waals surface area (Å²) in [7, 11) is 1.49. The zero-order chi connectivity index (χ0) is 11.0. The molecule has 5 heteroatoms. The van der Waals surface area contributed by atoms with Crippen LogP contribution < -0.4 is 5.32 Å². The number of carbonyl (C=O) groups excluding carboxylic acids is 1. The van der Waals surface area contributed by atoms with E-state index in [1.807, 2.05) is 6.92 Å². The number of rotatable bonds is 7. The van der Waals surface area contributed by atoms with E-state index in [4.69, 9.17) is 9.84 Å². The molecule has 0 saturated heterocycles. The smallest absolute Gasteiger partial charge is 0.326 e.